The summed E-state index contributed by atoms with van der Waals surface area (Å²) >= 11 is 0. The normalized spacial score (nSPS) is 17.4. The van der Waals surface area contributed by atoms with E-state index in [1.807, 2.05) is 49.4 Å². The van der Waals surface area contributed by atoms with Gasteiger partial charge >= 0.3 is 0 Å². The molecular formula is C21H28N2O4S. The van der Waals surface area contributed by atoms with Gasteiger partial charge in [-0.25, -0.2) is 12.7 Å². The molecule has 1 aromatic heterocycles. The lowest BCUT2D eigenvalue weighted by molar-refractivity contribution is -0.138. The highest BCUT2D eigenvalue weighted by atomic mass is 32.2. The fourth-order valence-corrected chi connectivity index (χ4v) is 5.06. The Morgan fingerprint density at radius 3 is 2.32 bits per heavy atom. The first-order valence-corrected chi connectivity index (χ1v) is 11.2. The van der Waals surface area contributed by atoms with Crippen molar-refractivity contribution in [1.29, 1.82) is 0 Å². The molecule has 0 spiro atoms. The van der Waals surface area contributed by atoms with E-state index in [1.165, 1.54) is 4.31 Å². The minimum absolute atomic E-state index is 0.00120. The maximum Gasteiger partial charge on any atom is 0.233 e. The first-order valence-electron chi connectivity index (χ1n) is 9.63. The van der Waals surface area contributed by atoms with Crippen molar-refractivity contribution in [2.24, 2.45) is 0 Å². The molecule has 152 valence electrons. The van der Waals surface area contributed by atoms with E-state index >= 15 is 0 Å². The molecule has 0 bridgehead atoms. The van der Waals surface area contributed by atoms with Crippen LogP contribution in [0.4, 0.5) is 0 Å². The van der Waals surface area contributed by atoms with E-state index in [0.29, 0.717) is 32.5 Å². The van der Waals surface area contributed by atoms with E-state index in [1.54, 1.807) is 18.9 Å². The summed E-state index contributed by atoms with van der Waals surface area (Å²) in [4.78, 5) is 15.3. The molecule has 1 amide bonds. The minimum Gasteiger partial charge on any atom is -0.464 e. The fourth-order valence-electron chi connectivity index (χ4n) is 3.95. The lowest BCUT2D eigenvalue weighted by Crippen LogP contribution is -2.53. The zero-order valence-electron chi connectivity index (χ0n) is 16.7. The van der Waals surface area contributed by atoms with Crippen molar-refractivity contribution < 1.29 is 17.6 Å². The van der Waals surface area contributed by atoms with Crippen molar-refractivity contribution in [2.75, 3.05) is 25.9 Å². The number of amides is 1. The highest BCUT2D eigenvalue weighted by molar-refractivity contribution is 7.89. The molecule has 6 nitrogen and oxygen atoms in total. The molecule has 0 aliphatic carbocycles. The molecule has 0 unspecified atom stereocenters. The standard InChI is InChI=1S/C21H28N2O4S/c1-4-28(25,26)23-14-12-21(13-15-23,18-8-6-5-7-9-18)20(24)22(3)16-19-11-10-17(2)27-19/h5-11H,4,12-16H2,1-3H3. The van der Waals surface area contributed by atoms with Gasteiger partial charge in [0.25, 0.3) is 0 Å². The van der Waals surface area contributed by atoms with Crippen molar-refractivity contribution in [3.05, 3.63) is 59.5 Å². The predicted octanol–water partition coefficient (Wildman–Crippen LogP) is 2.93. The molecule has 0 saturated carbocycles. The maximum absolute atomic E-state index is 13.6. The maximum atomic E-state index is 13.6. The molecule has 1 aromatic carbocycles. The van der Waals surface area contributed by atoms with Crippen molar-refractivity contribution >= 4 is 15.9 Å². The van der Waals surface area contributed by atoms with Crippen LogP contribution in [-0.2, 0) is 26.8 Å². The number of piperidine rings is 1. The zero-order valence-corrected chi connectivity index (χ0v) is 17.5. The molecule has 28 heavy (non-hydrogen) atoms. The molecule has 0 radical (unpaired) electrons. The number of sulfonamides is 1. The van der Waals surface area contributed by atoms with Gasteiger partial charge in [-0.1, -0.05) is 30.3 Å². The summed E-state index contributed by atoms with van der Waals surface area (Å²) in [5.41, 5.74) is 0.216. The van der Waals surface area contributed by atoms with Gasteiger partial charge in [0.15, 0.2) is 0 Å². The average Bonchev–Trinajstić information content (AvgIpc) is 3.12. The summed E-state index contributed by atoms with van der Waals surface area (Å²) < 4.78 is 31.7. The van der Waals surface area contributed by atoms with E-state index in [0.717, 1.165) is 17.1 Å². The van der Waals surface area contributed by atoms with Crippen LogP contribution in [0.1, 0.15) is 36.8 Å². The van der Waals surface area contributed by atoms with Gasteiger partial charge in [0, 0.05) is 20.1 Å². The third kappa shape index (κ3) is 4.00. The lowest BCUT2D eigenvalue weighted by atomic mass is 9.72. The van der Waals surface area contributed by atoms with Gasteiger partial charge in [-0.15, -0.1) is 0 Å². The van der Waals surface area contributed by atoms with E-state index in [-0.39, 0.29) is 11.7 Å². The third-order valence-electron chi connectivity index (χ3n) is 5.61. The summed E-state index contributed by atoms with van der Waals surface area (Å²) in [7, 11) is -1.47. The van der Waals surface area contributed by atoms with Gasteiger partial charge in [0.05, 0.1) is 17.7 Å². The van der Waals surface area contributed by atoms with Gasteiger partial charge in [-0.3, -0.25) is 4.79 Å². The number of carbonyl (C=O) groups is 1. The number of hydrogen-bond acceptors (Lipinski definition) is 4. The summed E-state index contributed by atoms with van der Waals surface area (Å²) in [5.74, 6) is 1.63. The smallest absolute Gasteiger partial charge is 0.233 e. The van der Waals surface area contributed by atoms with E-state index in [2.05, 4.69) is 0 Å². The SMILES string of the molecule is CCS(=O)(=O)N1CCC(C(=O)N(C)Cc2ccc(C)o2)(c2ccccc2)CC1. The van der Waals surface area contributed by atoms with Gasteiger partial charge in [0.2, 0.25) is 15.9 Å². The topological polar surface area (TPSA) is 70.8 Å². The summed E-state index contributed by atoms with van der Waals surface area (Å²) in [6.45, 7) is 4.62. The van der Waals surface area contributed by atoms with Crippen molar-refractivity contribution in [2.45, 2.75) is 38.6 Å². The van der Waals surface area contributed by atoms with Crippen molar-refractivity contribution in [3.8, 4) is 0 Å². The first-order chi connectivity index (χ1) is 13.3. The number of rotatable bonds is 6. The minimum atomic E-state index is -3.25. The molecule has 2 aromatic rings. The van der Waals surface area contributed by atoms with Gasteiger partial charge in [0.1, 0.15) is 11.5 Å². The Kier molecular flexibility index (Phi) is 5.95. The highest BCUT2D eigenvalue weighted by Crippen LogP contribution is 2.38. The highest BCUT2D eigenvalue weighted by Gasteiger charge is 2.46. The number of carbonyl (C=O) groups excluding carboxylic acids is 1. The first kappa shape index (κ1) is 20.6. The molecule has 0 atom stereocenters. The van der Waals surface area contributed by atoms with Crippen molar-refractivity contribution in [1.82, 2.24) is 9.21 Å². The molecule has 0 N–H and O–H groups in total. The molecule has 1 fully saturated rings. The Bertz CT molecular complexity index is 913. The Labute approximate surface area is 167 Å². The molecule has 7 heteroatoms. The number of likely N-dealkylation sites (N-methyl/N-ethyl adjacent to an activating group) is 1. The Balaban J connectivity index is 1.87. The van der Waals surface area contributed by atoms with Crippen LogP contribution in [-0.4, -0.2) is 49.4 Å². The second kappa shape index (κ2) is 8.09. The van der Waals surface area contributed by atoms with Crippen LogP contribution >= 0.6 is 0 Å². The lowest BCUT2D eigenvalue weighted by Gasteiger charge is -2.42. The Morgan fingerprint density at radius 1 is 1.14 bits per heavy atom. The summed E-state index contributed by atoms with van der Waals surface area (Å²) in [6, 6.07) is 13.5. The van der Waals surface area contributed by atoms with Crippen molar-refractivity contribution in [3.63, 3.8) is 0 Å². The molecular weight excluding hydrogens is 376 g/mol. The van der Waals surface area contributed by atoms with E-state index in [4.69, 9.17) is 4.42 Å². The second-order valence-electron chi connectivity index (χ2n) is 7.42. The average molecular weight is 405 g/mol. The number of hydrogen-bond donors (Lipinski definition) is 0. The Hall–Kier alpha value is -2.12. The van der Waals surface area contributed by atoms with Crippen LogP contribution in [0.25, 0.3) is 0 Å². The number of nitrogens with zero attached hydrogens (tertiary/aromatic N) is 2. The van der Waals surface area contributed by atoms with Crippen LogP contribution in [0, 0.1) is 6.92 Å². The fraction of sp³-hybridized carbons (Fsp3) is 0.476. The summed E-state index contributed by atoms with van der Waals surface area (Å²) in [5, 5.41) is 0. The molecule has 3 rings (SSSR count). The molecule has 2 heterocycles. The van der Waals surface area contributed by atoms with E-state index in [9.17, 15) is 13.2 Å². The third-order valence-corrected chi connectivity index (χ3v) is 7.49. The monoisotopic (exact) mass is 404 g/mol. The number of aryl methyl sites for hydroxylation is 1. The zero-order chi connectivity index (χ0) is 20.4. The Morgan fingerprint density at radius 2 is 1.79 bits per heavy atom. The van der Waals surface area contributed by atoms with E-state index < -0.39 is 15.4 Å². The molecule has 1 aliphatic rings. The van der Waals surface area contributed by atoms with Gasteiger partial charge < -0.3 is 9.32 Å². The van der Waals surface area contributed by atoms with Crippen LogP contribution in [0.5, 0.6) is 0 Å². The van der Waals surface area contributed by atoms with Crippen LogP contribution in [0.3, 0.4) is 0 Å². The number of furan rings is 1. The van der Waals surface area contributed by atoms with Crippen LogP contribution in [0.2, 0.25) is 0 Å². The second-order valence-corrected chi connectivity index (χ2v) is 9.68. The van der Waals surface area contributed by atoms with Crippen LogP contribution in [0.15, 0.2) is 46.9 Å². The quantitative estimate of drug-likeness (QED) is 0.742. The molecule has 1 aliphatic heterocycles. The predicted molar refractivity (Wildman–Crippen MR) is 108 cm³/mol. The van der Waals surface area contributed by atoms with Gasteiger partial charge in [-0.05, 0) is 44.4 Å². The summed E-state index contributed by atoms with van der Waals surface area (Å²) in [6.07, 6.45) is 0.938. The van der Waals surface area contributed by atoms with Crippen LogP contribution < -0.4 is 0 Å². The molecule has 1 saturated heterocycles. The van der Waals surface area contributed by atoms with Gasteiger partial charge in [-0.2, -0.15) is 0 Å². The number of benzene rings is 1. The largest absolute Gasteiger partial charge is 0.464 e.